The molecule has 18 heteroatoms. The number of cyclic esters (lactones) is 2. The molecular weight excluding hydrogens is 907 g/mol. The Morgan fingerprint density at radius 1 is 0.739 bits per heavy atom. The largest absolute Gasteiger partial charge is 1.00 e. The first-order chi connectivity index (χ1) is 31.9. The SMILES string of the molecule is C.CCC(O)CN1CCc2cc3c(c(C)c2[C@@H]1[C@H]1OC(=O)c2c1ccc(C)c2C)OCO3.CCC1CO1.Cc1ccc2c(c1C)C(=O)O[C@@H]2[C@@H]1NCCc2cc3c(c(C)c21)OCO3.[Li+].[O-][Cl+3]([O-])([O-])[O-]. The van der Waals surface area contributed by atoms with Crippen LogP contribution in [-0.4, -0.2) is 74.0 Å². The molecule has 4 aromatic carbocycles. The molecule has 69 heavy (non-hydrogen) atoms. The zero-order valence-electron chi connectivity index (χ0n) is 40.1. The molecule has 7 heterocycles. The topological polar surface area (TPSA) is 230 Å². The summed E-state index contributed by atoms with van der Waals surface area (Å²) in [7, 11) is -4.94. The Hall–Kier alpha value is -4.41. The number of aliphatic hydroxyl groups is 1. The average molecular weight is 969 g/mol. The second-order valence-corrected chi connectivity index (χ2v) is 18.6. The molecule has 7 aliphatic rings. The van der Waals surface area contributed by atoms with Crippen molar-refractivity contribution in [1.29, 1.82) is 0 Å². The molecule has 1 fully saturated rings. The fourth-order valence-electron chi connectivity index (χ4n) is 10.0. The van der Waals surface area contributed by atoms with Gasteiger partial charge in [-0.15, -0.1) is 10.2 Å². The van der Waals surface area contributed by atoms with Crippen molar-refractivity contribution in [2.45, 2.75) is 125 Å². The van der Waals surface area contributed by atoms with E-state index in [4.69, 9.17) is 51.8 Å². The molecule has 0 aromatic heterocycles. The standard InChI is InChI=1S/C25H29NO5.C21H21NO4.C4H8O.CH4.ClHO4.Li/c1-5-17(27)11-26-9-8-16-10-19-23(30-12-29-19)15(4)20(16)22(26)24-18-7-6-13(2)14(3)21(18)25(28)31-24;1-10-4-5-14-17(11(10)2)21(23)26-20(14)18-16-12(3)19-15(24-9-25-19)8-13(16)6-7-22-18;1-2-4-3-5-4;;2-1(3,4)5;/h6-7,10,17,22,24,27H,5,8-9,11-12H2,1-4H3;4-5,8,18,20,22H,6-7,9H2,1-3H3;4H,2-3H2,1H3;1H4;(H,2,3,4,5);/q;;;;;+1/p-1/t17?,22-,24+;18-,20+;;;;/m11..../s1. The molecule has 1 saturated heterocycles. The Morgan fingerprint density at radius 2 is 1.23 bits per heavy atom. The third kappa shape index (κ3) is 11.1. The number of benzene rings is 4. The van der Waals surface area contributed by atoms with Gasteiger partial charge in [0, 0.05) is 35.3 Å². The first-order valence-electron chi connectivity index (χ1n) is 22.7. The molecule has 0 spiro atoms. The van der Waals surface area contributed by atoms with Crippen LogP contribution in [0.3, 0.4) is 0 Å². The van der Waals surface area contributed by atoms with E-state index >= 15 is 0 Å². The summed E-state index contributed by atoms with van der Waals surface area (Å²) in [5, 5.41) is 14.0. The minimum atomic E-state index is -4.94. The summed E-state index contributed by atoms with van der Waals surface area (Å²) in [5.74, 6) is 2.69. The van der Waals surface area contributed by atoms with E-state index in [2.05, 4.69) is 55.3 Å². The predicted octanol–water partition coefficient (Wildman–Crippen LogP) is 1.04. The zero-order chi connectivity index (χ0) is 48.1. The van der Waals surface area contributed by atoms with Crippen molar-refractivity contribution >= 4 is 11.9 Å². The smallest absolute Gasteiger partial charge is 0.454 e. The van der Waals surface area contributed by atoms with E-state index in [1.807, 2.05) is 46.8 Å². The number of hydrogen-bond donors (Lipinski definition) is 2. The van der Waals surface area contributed by atoms with Crippen molar-refractivity contribution in [2.75, 3.05) is 39.8 Å². The van der Waals surface area contributed by atoms with Gasteiger partial charge in [-0.1, -0.05) is 45.5 Å². The van der Waals surface area contributed by atoms with E-state index in [1.54, 1.807) is 0 Å². The van der Waals surface area contributed by atoms with Crippen LogP contribution >= 0.6 is 0 Å². The summed E-state index contributed by atoms with van der Waals surface area (Å²) in [6, 6.07) is 12.1. The van der Waals surface area contributed by atoms with E-state index < -0.39 is 22.5 Å². The summed E-state index contributed by atoms with van der Waals surface area (Å²) in [6.07, 6.45) is 3.09. The molecule has 6 atom stereocenters. The van der Waals surface area contributed by atoms with Gasteiger partial charge in [-0.25, -0.2) is 28.2 Å². The normalized spacial score (nSPS) is 22.2. The summed E-state index contributed by atoms with van der Waals surface area (Å²) >= 11 is 0. The minimum Gasteiger partial charge on any atom is -0.454 e. The molecule has 7 aliphatic heterocycles. The molecule has 0 radical (unpaired) electrons. The first-order valence-corrected chi connectivity index (χ1v) is 24.0. The number of halogens is 1. The molecule has 0 amide bonds. The number of fused-ring (bicyclic) bond motifs is 6. The van der Waals surface area contributed by atoms with Crippen molar-refractivity contribution in [3.63, 3.8) is 0 Å². The zero-order valence-corrected chi connectivity index (χ0v) is 40.8. The van der Waals surface area contributed by atoms with Crippen LogP contribution in [0.2, 0.25) is 0 Å². The Labute approximate surface area is 418 Å². The molecule has 2 unspecified atom stereocenters. The van der Waals surface area contributed by atoms with Crippen LogP contribution in [0.5, 0.6) is 23.0 Å². The third-order valence-electron chi connectivity index (χ3n) is 13.9. The molecule has 11 rings (SSSR count). The number of aryl methyl sites for hydroxylation is 2. The molecule has 16 nitrogen and oxygen atoms in total. The van der Waals surface area contributed by atoms with Gasteiger partial charge in [0.15, 0.2) is 23.0 Å². The molecular formula is C51H62ClLiN2O14. The Balaban J connectivity index is 0.000000186. The second-order valence-electron chi connectivity index (χ2n) is 17.9. The van der Waals surface area contributed by atoms with E-state index in [0.29, 0.717) is 24.6 Å². The average Bonchev–Trinajstić information content (AvgIpc) is 3.53. The van der Waals surface area contributed by atoms with Crippen molar-refractivity contribution in [3.8, 4) is 23.0 Å². The van der Waals surface area contributed by atoms with Gasteiger partial charge in [-0.2, -0.15) is 0 Å². The van der Waals surface area contributed by atoms with Gasteiger partial charge < -0.3 is 43.6 Å². The van der Waals surface area contributed by atoms with E-state index in [0.717, 1.165) is 111 Å². The van der Waals surface area contributed by atoms with Crippen LogP contribution in [0, 0.1) is 51.8 Å². The number of nitrogens with zero attached hydrogens (tertiary/aromatic N) is 1. The van der Waals surface area contributed by atoms with E-state index in [9.17, 15) is 14.7 Å². The fourth-order valence-corrected chi connectivity index (χ4v) is 10.0. The number of nitrogens with one attached hydrogen (secondary N) is 1. The van der Waals surface area contributed by atoms with Crippen LogP contribution < -0.4 is 61.8 Å². The van der Waals surface area contributed by atoms with Gasteiger partial charge in [0.05, 0.1) is 42.0 Å². The number of β-amino-alcohol motifs (C(OH)–C–C–N with tert-alkyl or cyclic N) is 1. The summed E-state index contributed by atoms with van der Waals surface area (Å²) < 4.78 is 73.4. The van der Waals surface area contributed by atoms with Gasteiger partial charge in [-0.3, -0.25) is 4.90 Å². The molecule has 0 aliphatic carbocycles. The number of rotatable bonds is 6. The van der Waals surface area contributed by atoms with Gasteiger partial charge in [0.1, 0.15) is 12.2 Å². The van der Waals surface area contributed by atoms with Crippen molar-refractivity contribution in [3.05, 3.63) is 114 Å². The quantitative estimate of drug-likeness (QED) is 0.156. The number of carbonyl (C=O) groups is 2. The maximum atomic E-state index is 12.9. The van der Waals surface area contributed by atoms with Crippen molar-refractivity contribution < 1.29 is 95.6 Å². The van der Waals surface area contributed by atoms with Crippen LogP contribution in [0.4, 0.5) is 0 Å². The monoisotopic (exact) mass is 968 g/mol. The van der Waals surface area contributed by atoms with Crippen molar-refractivity contribution in [2.24, 2.45) is 0 Å². The van der Waals surface area contributed by atoms with Gasteiger partial charge in [-0.05, 0) is 130 Å². The van der Waals surface area contributed by atoms with E-state index in [-0.39, 0.29) is 70.0 Å². The van der Waals surface area contributed by atoms with Crippen LogP contribution in [0.25, 0.3) is 0 Å². The second kappa shape index (κ2) is 21.9. The number of epoxide rings is 1. The number of ether oxygens (including phenoxy) is 7. The number of esters is 2. The van der Waals surface area contributed by atoms with Gasteiger partial charge in [0.25, 0.3) is 0 Å². The van der Waals surface area contributed by atoms with E-state index in [1.165, 1.54) is 23.1 Å². The fraction of sp³-hybridized carbons (Fsp3) is 0.490. The molecule has 0 bridgehead atoms. The van der Waals surface area contributed by atoms with Gasteiger partial charge >= 0.3 is 30.8 Å². The summed E-state index contributed by atoms with van der Waals surface area (Å²) in [5.41, 5.74) is 14.3. The van der Waals surface area contributed by atoms with Gasteiger partial charge in [0.2, 0.25) is 13.6 Å². The first kappa shape index (κ1) is 53.9. The van der Waals surface area contributed by atoms with Crippen LogP contribution in [0.1, 0.15) is 146 Å². The number of hydrogen-bond acceptors (Lipinski definition) is 16. The number of carbonyl (C=O) groups excluding carboxylic acids is 2. The Bertz CT molecular complexity index is 2560. The Morgan fingerprint density at radius 3 is 1.72 bits per heavy atom. The maximum Gasteiger partial charge on any atom is 1.00 e. The molecule has 2 N–H and O–H groups in total. The third-order valence-corrected chi connectivity index (χ3v) is 13.9. The van der Waals surface area contributed by atoms with Crippen molar-refractivity contribution in [1.82, 2.24) is 10.2 Å². The maximum absolute atomic E-state index is 12.9. The molecule has 4 aromatic rings. The predicted molar refractivity (Wildman–Crippen MR) is 238 cm³/mol. The number of aliphatic hydroxyl groups excluding tert-OH is 1. The minimum absolute atomic E-state index is 0. The van der Waals surface area contributed by atoms with Crippen LogP contribution in [-0.2, 0) is 27.1 Å². The molecule has 368 valence electrons. The van der Waals surface area contributed by atoms with Crippen LogP contribution in [0.15, 0.2) is 36.4 Å². The summed E-state index contributed by atoms with van der Waals surface area (Å²) in [4.78, 5) is 27.8. The molecule has 0 saturated carbocycles. The Kier molecular flexibility index (Phi) is 17.1. The summed E-state index contributed by atoms with van der Waals surface area (Å²) in [6.45, 7) is 19.9.